The van der Waals surface area contributed by atoms with Gasteiger partial charge in [0.05, 0.1) is 4.90 Å². The first-order valence-corrected chi connectivity index (χ1v) is 14.8. The maximum absolute atomic E-state index is 13.0. The summed E-state index contributed by atoms with van der Waals surface area (Å²) in [7, 11) is -3.78. The molecule has 1 aliphatic carbocycles. The normalized spacial score (nSPS) is 19.5. The van der Waals surface area contributed by atoms with Crippen LogP contribution in [0.1, 0.15) is 47.8 Å². The molecule has 8 nitrogen and oxygen atoms in total. The maximum Gasteiger partial charge on any atom is 0.263 e. The monoisotopic (exact) mass is 541 g/mol. The molecule has 4 aromatic rings. The molecular weight excluding hydrogens is 510 g/mol. The van der Waals surface area contributed by atoms with Crippen molar-refractivity contribution in [3.05, 3.63) is 89.9 Å². The second-order valence-corrected chi connectivity index (χ2v) is 12.2. The lowest BCUT2D eigenvalue weighted by molar-refractivity contribution is -0.117. The smallest absolute Gasteiger partial charge is 0.263 e. The van der Waals surface area contributed by atoms with Gasteiger partial charge in [0.15, 0.2) is 0 Å². The molecule has 1 amide bonds. The van der Waals surface area contributed by atoms with Crippen molar-refractivity contribution in [2.45, 2.75) is 42.9 Å². The van der Waals surface area contributed by atoms with Crippen molar-refractivity contribution >= 4 is 38.2 Å². The highest BCUT2D eigenvalue weighted by Crippen LogP contribution is 2.48. The molecule has 3 heterocycles. The van der Waals surface area contributed by atoms with Crippen LogP contribution in [0.2, 0.25) is 0 Å². The number of carbonyl (C=O) groups excluding carboxylic acids is 1. The van der Waals surface area contributed by atoms with Crippen molar-refractivity contribution < 1.29 is 13.2 Å². The number of sulfonamides is 1. The summed E-state index contributed by atoms with van der Waals surface area (Å²) in [5.74, 6) is 0.646. The number of hydrogen-bond donors (Lipinski definition) is 3. The first-order chi connectivity index (χ1) is 18.9. The summed E-state index contributed by atoms with van der Waals surface area (Å²) < 4.78 is 28.7. The highest BCUT2D eigenvalue weighted by Gasteiger charge is 2.44. The molecule has 2 aromatic heterocycles. The molecule has 2 fully saturated rings. The first kappa shape index (κ1) is 25.5. The van der Waals surface area contributed by atoms with Gasteiger partial charge in [0.1, 0.15) is 5.82 Å². The van der Waals surface area contributed by atoms with Gasteiger partial charge in [-0.1, -0.05) is 18.2 Å². The second-order valence-electron chi connectivity index (χ2n) is 10.5. The molecule has 2 aromatic carbocycles. The number of nitrogens with zero attached hydrogens (tertiary/aromatic N) is 2. The molecule has 9 heteroatoms. The number of nitrogens with one attached hydrogen (secondary N) is 3. The minimum atomic E-state index is -3.78. The van der Waals surface area contributed by atoms with E-state index in [1.807, 2.05) is 49.6 Å². The molecule has 0 bridgehead atoms. The number of aromatic nitrogens is 2. The van der Waals surface area contributed by atoms with Crippen molar-refractivity contribution in [3.8, 4) is 0 Å². The van der Waals surface area contributed by atoms with Crippen LogP contribution in [0.5, 0.6) is 0 Å². The van der Waals surface area contributed by atoms with Gasteiger partial charge in [-0.3, -0.25) is 14.5 Å². The lowest BCUT2D eigenvalue weighted by atomic mass is 9.91. The summed E-state index contributed by atoms with van der Waals surface area (Å²) in [6.45, 7) is 3.93. The van der Waals surface area contributed by atoms with E-state index in [1.54, 1.807) is 30.5 Å². The molecule has 0 spiro atoms. The van der Waals surface area contributed by atoms with Crippen LogP contribution in [0.15, 0.2) is 78.1 Å². The molecule has 3 N–H and O–H groups in total. The topological polar surface area (TPSA) is 113 Å². The Morgan fingerprint density at radius 2 is 1.77 bits per heavy atom. The fourth-order valence-electron chi connectivity index (χ4n) is 5.48. The average molecular weight is 542 g/mol. The van der Waals surface area contributed by atoms with Gasteiger partial charge in [0.25, 0.3) is 10.0 Å². The van der Waals surface area contributed by atoms with E-state index in [-0.39, 0.29) is 22.6 Å². The Bertz CT molecular complexity index is 1630. The van der Waals surface area contributed by atoms with Gasteiger partial charge < -0.3 is 10.6 Å². The predicted molar refractivity (Wildman–Crippen MR) is 152 cm³/mol. The molecule has 39 heavy (non-hydrogen) atoms. The zero-order valence-corrected chi connectivity index (χ0v) is 22.5. The summed E-state index contributed by atoms with van der Waals surface area (Å²) in [6, 6.07) is 16.4. The van der Waals surface area contributed by atoms with E-state index in [9.17, 15) is 13.2 Å². The van der Waals surface area contributed by atoms with E-state index in [1.165, 1.54) is 0 Å². The van der Waals surface area contributed by atoms with E-state index < -0.39 is 10.0 Å². The maximum atomic E-state index is 13.0. The SMILES string of the molecule is Cc1cncc2ccc(NC(=O)[C@@H]3CC3c3ccc(S(=O)(=O)Nc4cc(C5CCNCC5)ccn4)cc3)cc12. The van der Waals surface area contributed by atoms with E-state index in [2.05, 4.69) is 25.3 Å². The summed E-state index contributed by atoms with van der Waals surface area (Å²) in [5.41, 5.74) is 3.88. The van der Waals surface area contributed by atoms with Crippen LogP contribution in [-0.4, -0.2) is 37.4 Å². The van der Waals surface area contributed by atoms with Gasteiger partial charge in [-0.15, -0.1) is 0 Å². The van der Waals surface area contributed by atoms with Gasteiger partial charge in [-0.2, -0.15) is 0 Å². The zero-order valence-electron chi connectivity index (χ0n) is 21.7. The van der Waals surface area contributed by atoms with Gasteiger partial charge >= 0.3 is 0 Å². The number of amides is 1. The molecule has 1 saturated carbocycles. The van der Waals surface area contributed by atoms with Crippen LogP contribution in [0, 0.1) is 12.8 Å². The largest absolute Gasteiger partial charge is 0.326 e. The Balaban J connectivity index is 1.09. The van der Waals surface area contributed by atoms with Crippen molar-refractivity contribution in [1.82, 2.24) is 15.3 Å². The molecule has 6 rings (SSSR count). The third-order valence-corrected chi connectivity index (χ3v) is 9.18. The second kappa shape index (κ2) is 10.4. The molecule has 1 unspecified atom stereocenters. The van der Waals surface area contributed by atoms with Crippen LogP contribution < -0.4 is 15.4 Å². The number of benzene rings is 2. The Morgan fingerprint density at radius 1 is 0.974 bits per heavy atom. The summed E-state index contributed by atoms with van der Waals surface area (Å²) >= 11 is 0. The van der Waals surface area contributed by atoms with Crippen LogP contribution in [0.25, 0.3) is 10.8 Å². The van der Waals surface area contributed by atoms with Crippen LogP contribution in [0.3, 0.4) is 0 Å². The molecule has 2 atom stereocenters. The Labute approximate surface area is 228 Å². The Hall–Kier alpha value is -3.82. The molecule has 1 aliphatic heterocycles. The molecule has 0 radical (unpaired) electrons. The standard InChI is InChI=1S/C30H31N5O3S/c1-19-17-32-18-23-2-5-24(15-26(19)23)34-30(36)28-16-27(28)21-3-6-25(7-4-21)39(37,38)35-29-14-22(10-13-33-29)20-8-11-31-12-9-20/h2-7,10,13-15,17-18,20,27-28,31H,8-9,11-12,16H2,1H3,(H,33,35)(H,34,36)/t27?,28-/m1/s1. The number of fused-ring (bicyclic) bond motifs is 1. The number of pyridine rings is 2. The van der Waals surface area contributed by atoms with E-state index in [0.717, 1.165) is 65.5 Å². The fraction of sp³-hybridized carbons (Fsp3) is 0.300. The summed E-state index contributed by atoms with van der Waals surface area (Å²) in [5, 5.41) is 8.49. The van der Waals surface area contributed by atoms with Gasteiger partial charge in [0, 0.05) is 35.6 Å². The lowest BCUT2D eigenvalue weighted by Gasteiger charge is -2.23. The summed E-state index contributed by atoms with van der Waals surface area (Å²) in [4.78, 5) is 21.5. The van der Waals surface area contributed by atoms with E-state index in [4.69, 9.17) is 0 Å². The van der Waals surface area contributed by atoms with Crippen molar-refractivity contribution in [2.24, 2.45) is 5.92 Å². The number of aryl methyl sites for hydroxylation is 1. The van der Waals surface area contributed by atoms with Crippen molar-refractivity contribution in [3.63, 3.8) is 0 Å². The minimum absolute atomic E-state index is 0.0240. The Kier molecular flexibility index (Phi) is 6.78. The van der Waals surface area contributed by atoms with Crippen LogP contribution in [0.4, 0.5) is 11.5 Å². The van der Waals surface area contributed by atoms with E-state index >= 15 is 0 Å². The van der Waals surface area contributed by atoms with Gasteiger partial charge in [-0.05, 0) is 110 Å². The molecular formula is C30H31N5O3S. The number of rotatable bonds is 7. The van der Waals surface area contributed by atoms with Gasteiger partial charge in [-0.25, -0.2) is 13.4 Å². The number of piperidine rings is 1. The number of hydrogen-bond acceptors (Lipinski definition) is 6. The predicted octanol–water partition coefficient (Wildman–Crippen LogP) is 4.95. The quantitative estimate of drug-likeness (QED) is 0.305. The zero-order chi connectivity index (χ0) is 27.0. The minimum Gasteiger partial charge on any atom is -0.326 e. The molecule has 2 aliphatic rings. The first-order valence-electron chi connectivity index (χ1n) is 13.3. The Morgan fingerprint density at radius 3 is 2.56 bits per heavy atom. The highest BCUT2D eigenvalue weighted by atomic mass is 32.2. The number of anilines is 2. The molecule has 1 saturated heterocycles. The van der Waals surface area contributed by atoms with Gasteiger partial charge in [0.2, 0.25) is 5.91 Å². The van der Waals surface area contributed by atoms with Crippen LogP contribution >= 0.6 is 0 Å². The number of carbonyl (C=O) groups is 1. The van der Waals surface area contributed by atoms with Crippen molar-refractivity contribution in [2.75, 3.05) is 23.1 Å². The summed E-state index contributed by atoms with van der Waals surface area (Å²) in [6.07, 6.45) is 8.07. The average Bonchev–Trinajstić information content (AvgIpc) is 3.76. The third-order valence-electron chi connectivity index (χ3n) is 7.81. The lowest BCUT2D eigenvalue weighted by Crippen LogP contribution is -2.26. The molecule has 200 valence electrons. The van der Waals surface area contributed by atoms with E-state index in [0.29, 0.717) is 11.7 Å². The van der Waals surface area contributed by atoms with Crippen molar-refractivity contribution in [1.29, 1.82) is 0 Å². The van der Waals surface area contributed by atoms with Crippen LogP contribution in [-0.2, 0) is 14.8 Å². The fourth-order valence-corrected chi connectivity index (χ4v) is 6.48. The third kappa shape index (κ3) is 5.51. The highest BCUT2D eigenvalue weighted by molar-refractivity contribution is 7.92.